The second-order valence-electron chi connectivity index (χ2n) is 4.41. The van der Waals surface area contributed by atoms with Crippen LogP contribution in [0.25, 0.3) is 6.08 Å². The average molecular weight is 263 g/mol. The van der Waals surface area contributed by atoms with Crippen molar-refractivity contribution in [3.63, 3.8) is 0 Å². The molecule has 1 aromatic carbocycles. The fourth-order valence-electron chi connectivity index (χ4n) is 1.56. The molecule has 1 aromatic rings. The average Bonchev–Trinajstić information content (AvgIpc) is 3.18. The van der Waals surface area contributed by atoms with Gasteiger partial charge in [-0.1, -0.05) is 6.07 Å². The first kappa shape index (κ1) is 13.1. The molecular weight excluding hydrogens is 250 g/mol. The molecule has 0 spiro atoms. The van der Waals surface area contributed by atoms with Crippen molar-refractivity contribution >= 4 is 17.7 Å². The summed E-state index contributed by atoms with van der Waals surface area (Å²) in [6, 6.07) is 4.40. The molecule has 6 nitrogen and oxygen atoms in total. The molecular formula is C13H13NO5. The molecule has 0 aliphatic heterocycles. The van der Waals surface area contributed by atoms with Gasteiger partial charge in [-0.3, -0.25) is 10.1 Å². The van der Waals surface area contributed by atoms with E-state index in [1.54, 1.807) is 6.07 Å². The molecule has 1 aliphatic rings. The highest BCUT2D eigenvalue weighted by Gasteiger charge is 2.24. The Labute approximate surface area is 109 Å². The van der Waals surface area contributed by atoms with Crippen molar-refractivity contribution in [2.24, 2.45) is 5.92 Å². The lowest BCUT2D eigenvalue weighted by Crippen LogP contribution is -2.02. The molecule has 0 unspecified atom stereocenters. The Bertz CT molecular complexity index is 534. The largest absolute Gasteiger partial charge is 0.487 e. The van der Waals surface area contributed by atoms with Crippen molar-refractivity contribution in [2.75, 3.05) is 6.61 Å². The van der Waals surface area contributed by atoms with E-state index in [1.165, 1.54) is 18.2 Å². The monoisotopic (exact) mass is 263 g/mol. The van der Waals surface area contributed by atoms with Crippen LogP contribution >= 0.6 is 0 Å². The van der Waals surface area contributed by atoms with Gasteiger partial charge in [0, 0.05) is 12.1 Å². The van der Waals surface area contributed by atoms with Crippen molar-refractivity contribution in [2.45, 2.75) is 12.8 Å². The quantitative estimate of drug-likeness (QED) is 0.483. The molecule has 19 heavy (non-hydrogen) atoms. The van der Waals surface area contributed by atoms with Crippen molar-refractivity contribution in [3.8, 4) is 5.75 Å². The molecule has 100 valence electrons. The summed E-state index contributed by atoms with van der Waals surface area (Å²) in [6.07, 6.45) is 4.45. The molecule has 0 amide bonds. The summed E-state index contributed by atoms with van der Waals surface area (Å²) in [7, 11) is 0. The maximum Gasteiger partial charge on any atom is 0.328 e. The van der Waals surface area contributed by atoms with Crippen LogP contribution in [-0.4, -0.2) is 22.6 Å². The third kappa shape index (κ3) is 3.80. The maximum atomic E-state index is 11.0. The van der Waals surface area contributed by atoms with Gasteiger partial charge in [-0.2, -0.15) is 0 Å². The number of nitro benzene ring substituents is 1. The SMILES string of the molecule is O=C(O)/C=C/c1ccc(OCC2CC2)c([N+](=O)[O-])c1. The Morgan fingerprint density at radius 3 is 2.84 bits per heavy atom. The molecule has 0 saturated heterocycles. The Morgan fingerprint density at radius 2 is 2.26 bits per heavy atom. The lowest BCUT2D eigenvalue weighted by Gasteiger charge is -2.06. The molecule has 0 atom stereocenters. The highest BCUT2D eigenvalue weighted by molar-refractivity contribution is 5.85. The van der Waals surface area contributed by atoms with Gasteiger partial charge in [0.1, 0.15) is 0 Å². The predicted octanol–water partition coefficient (Wildman–Crippen LogP) is 2.48. The second kappa shape index (κ2) is 5.51. The van der Waals surface area contributed by atoms with E-state index in [2.05, 4.69) is 0 Å². The predicted molar refractivity (Wildman–Crippen MR) is 68.0 cm³/mol. The first-order valence-electron chi connectivity index (χ1n) is 5.88. The number of hydrogen-bond donors (Lipinski definition) is 1. The zero-order valence-electron chi connectivity index (χ0n) is 10.1. The van der Waals surface area contributed by atoms with E-state index >= 15 is 0 Å². The lowest BCUT2D eigenvalue weighted by atomic mass is 10.1. The van der Waals surface area contributed by atoms with Crippen LogP contribution < -0.4 is 4.74 Å². The van der Waals surface area contributed by atoms with Crippen molar-refractivity contribution in [1.82, 2.24) is 0 Å². The minimum atomic E-state index is -1.10. The van der Waals surface area contributed by atoms with E-state index in [0.29, 0.717) is 18.1 Å². The molecule has 1 fully saturated rings. The third-order valence-corrected chi connectivity index (χ3v) is 2.77. The van der Waals surface area contributed by atoms with Crippen LogP contribution in [0.2, 0.25) is 0 Å². The van der Waals surface area contributed by atoms with E-state index in [9.17, 15) is 14.9 Å². The molecule has 0 radical (unpaired) electrons. The fraction of sp³-hybridized carbons (Fsp3) is 0.308. The van der Waals surface area contributed by atoms with Crippen LogP contribution in [0.3, 0.4) is 0 Å². The highest BCUT2D eigenvalue weighted by Crippen LogP contribution is 2.33. The van der Waals surface area contributed by atoms with Gasteiger partial charge in [0.15, 0.2) is 5.75 Å². The zero-order valence-corrected chi connectivity index (χ0v) is 10.1. The smallest absolute Gasteiger partial charge is 0.328 e. The Morgan fingerprint density at radius 1 is 1.53 bits per heavy atom. The van der Waals surface area contributed by atoms with E-state index < -0.39 is 10.9 Å². The Balaban J connectivity index is 2.18. The normalized spacial score (nSPS) is 14.5. The number of carboxylic acids is 1. The van der Waals surface area contributed by atoms with Gasteiger partial charge < -0.3 is 9.84 Å². The third-order valence-electron chi connectivity index (χ3n) is 2.77. The first-order chi connectivity index (χ1) is 9.06. The number of nitro groups is 1. The summed E-state index contributed by atoms with van der Waals surface area (Å²) < 4.78 is 5.42. The van der Waals surface area contributed by atoms with Gasteiger partial charge in [-0.25, -0.2) is 4.79 Å². The molecule has 2 rings (SSSR count). The second-order valence-corrected chi connectivity index (χ2v) is 4.41. The number of nitrogens with zero attached hydrogens (tertiary/aromatic N) is 1. The number of ether oxygens (including phenoxy) is 1. The lowest BCUT2D eigenvalue weighted by molar-refractivity contribution is -0.385. The minimum Gasteiger partial charge on any atom is -0.487 e. The van der Waals surface area contributed by atoms with Gasteiger partial charge in [0.05, 0.1) is 11.5 Å². The highest BCUT2D eigenvalue weighted by atomic mass is 16.6. The van der Waals surface area contributed by atoms with Gasteiger partial charge in [-0.15, -0.1) is 0 Å². The molecule has 0 bridgehead atoms. The van der Waals surface area contributed by atoms with E-state index in [4.69, 9.17) is 9.84 Å². The maximum absolute atomic E-state index is 11.0. The van der Waals surface area contributed by atoms with Gasteiger partial charge in [0.25, 0.3) is 0 Å². The zero-order chi connectivity index (χ0) is 13.8. The summed E-state index contributed by atoms with van der Waals surface area (Å²) in [5.74, 6) is -0.368. The van der Waals surface area contributed by atoms with Gasteiger partial charge >= 0.3 is 11.7 Å². The number of hydrogen-bond acceptors (Lipinski definition) is 4. The number of benzene rings is 1. The van der Waals surface area contributed by atoms with Crippen LogP contribution in [0.5, 0.6) is 5.75 Å². The van der Waals surface area contributed by atoms with E-state index in [-0.39, 0.29) is 11.4 Å². The van der Waals surface area contributed by atoms with Crippen LogP contribution in [0.15, 0.2) is 24.3 Å². The van der Waals surface area contributed by atoms with E-state index in [0.717, 1.165) is 18.9 Å². The van der Waals surface area contributed by atoms with Crippen molar-refractivity contribution < 1.29 is 19.6 Å². The standard InChI is InChI=1S/C13H13NO5/c15-13(16)6-4-9-3-5-12(11(7-9)14(17)18)19-8-10-1-2-10/h3-7,10H,1-2,8H2,(H,15,16)/b6-4+. The summed E-state index contributed by atoms with van der Waals surface area (Å²) in [5.41, 5.74) is 0.307. The van der Waals surface area contributed by atoms with Crippen LogP contribution in [0.4, 0.5) is 5.69 Å². The topological polar surface area (TPSA) is 89.7 Å². The van der Waals surface area contributed by atoms with Crippen LogP contribution in [-0.2, 0) is 4.79 Å². The van der Waals surface area contributed by atoms with Crippen molar-refractivity contribution in [1.29, 1.82) is 0 Å². The summed E-state index contributed by atoms with van der Waals surface area (Å²) in [4.78, 5) is 20.8. The first-order valence-corrected chi connectivity index (χ1v) is 5.88. The molecule has 1 saturated carbocycles. The van der Waals surface area contributed by atoms with Crippen LogP contribution in [0, 0.1) is 16.0 Å². The van der Waals surface area contributed by atoms with Gasteiger partial charge in [0.2, 0.25) is 0 Å². The molecule has 6 heteroatoms. The Hall–Kier alpha value is -2.37. The van der Waals surface area contributed by atoms with Crippen LogP contribution in [0.1, 0.15) is 18.4 Å². The fourth-order valence-corrected chi connectivity index (χ4v) is 1.56. The Kier molecular flexibility index (Phi) is 3.79. The molecule has 0 aromatic heterocycles. The number of aliphatic carboxylic acids is 1. The molecule has 1 aliphatic carbocycles. The minimum absolute atomic E-state index is 0.145. The molecule has 1 N–H and O–H groups in total. The number of carboxylic acid groups (broad SMARTS) is 1. The summed E-state index contributed by atoms with van der Waals surface area (Å²) in [5, 5.41) is 19.5. The molecule has 0 heterocycles. The summed E-state index contributed by atoms with van der Waals surface area (Å²) >= 11 is 0. The van der Waals surface area contributed by atoms with Gasteiger partial charge in [-0.05, 0) is 36.5 Å². The van der Waals surface area contributed by atoms with E-state index in [1.807, 2.05) is 0 Å². The number of carbonyl (C=O) groups is 1. The van der Waals surface area contributed by atoms with Crippen molar-refractivity contribution in [3.05, 3.63) is 40.0 Å². The number of rotatable bonds is 6. The summed E-state index contributed by atoms with van der Waals surface area (Å²) in [6.45, 7) is 0.491.